The van der Waals surface area contributed by atoms with Crippen LogP contribution in [0.15, 0.2) is 24.3 Å². The summed E-state index contributed by atoms with van der Waals surface area (Å²) in [6.07, 6.45) is 0.345. The third-order valence-corrected chi connectivity index (χ3v) is 2.83. The number of carbonyl (C=O) groups is 2. The van der Waals surface area contributed by atoms with Crippen LogP contribution in [0.3, 0.4) is 0 Å². The van der Waals surface area contributed by atoms with Crippen LogP contribution in [0.2, 0.25) is 0 Å². The molecule has 1 aromatic rings. The van der Waals surface area contributed by atoms with Crippen molar-refractivity contribution in [3.8, 4) is 5.75 Å². The zero-order valence-electron chi connectivity index (χ0n) is 14.3. The van der Waals surface area contributed by atoms with Crippen molar-refractivity contribution >= 4 is 12.0 Å². The quantitative estimate of drug-likeness (QED) is 0.755. The molecule has 6 heteroatoms. The fourth-order valence-electron chi connectivity index (χ4n) is 1.81. The molecule has 0 bridgehead atoms. The molecular weight excluding hydrogens is 296 g/mol. The Kier molecular flexibility index (Phi) is 7.38. The topological polar surface area (TPSA) is 76.7 Å². The number of carbonyl (C=O) groups excluding carboxylic acids is 2. The minimum Gasteiger partial charge on any atom is -0.483 e. The maximum absolute atomic E-state index is 11.7. The maximum atomic E-state index is 11.7. The Morgan fingerprint density at radius 2 is 1.74 bits per heavy atom. The number of hydrogen-bond acceptors (Lipinski definition) is 4. The van der Waals surface area contributed by atoms with Crippen molar-refractivity contribution in [2.75, 3.05) is 19.7 Å². The molecule has 0 atom stereocenters. The SMILES string of the molecule is CCc1ccccc1OCC(=O)NCCNC(=O)OC(C)(C)C. The Morgan fingerprint density at radius 1 is 1.09 bits per heavy atom. The van der Waals surface area contributed by atoms with Gasteiger partial charge in [-0.15, -0.1) is 0 Å². The van der Waals surface area contributed by atoms with Crippen LogP contribution in [0.1, 0.15) is 33.3 Å². The molecule has 2 N–H and O–H groups in total. The molecule has 0 radical (unpaired) electrons. The average Bonchev–Trinajstić information content (AvgIpc) is 2.48. The van der Waals surface area contributed by atoms with E-state index in [-0.39, 0.29) is 12.5 Å². The highest BCUT2D eigenvalue weighted by Gasteiger charge is 2.15. The molecule has 0 aliphatic carbocycles. The summed E-state index contributed by atoms with van der Waals surface area (Å²) in [5.41, 5.74) is 0.528. The number of alkyl carbamates (subject to hydrolysis) is 1. The highest BCUT2D eigenvalue weighted by molar-refractivity contribution is 5.77. The number of nitrogens with one attached hydrogen (secondary N) is 2. The Labute approximate surface area is 137 Å². The van der Waals surface area contributed by atoms with E-state index in [1.165, 1.54) is 0 Å². The maximum Gasteiger partial charge on any atom is 0.407 e. The van der Waals surface area contributed by atoms with E-state index in [0.717, 1.165) is 17.7 Å². The fraction of sp³-hybridized carbons (Fsp3) is 0.529. The first-order chi connectivity index (χ1) is 10.8. The summed E-state index contributed by atoms with van der Waals surface area (Å²) in [4.78, 5) is 23.1. The van der Waals surface area contributed by atoms with Crippen molar-refractivity contribution in [3.05, 3.63) is 29.8 Å². The number of para-hydroxylation sites is 1. The van der Waals surface area contributed by atoms with Gasteiger partial charge in [-0.3, -0.25) is 4.79 Å². The van der Waals surface area contributed by atoms with Gasteiger partial charge in [0.05, 0.1) is 0 Å². The summed E-state index contributed by atoms with van der Waals surface area (Å²) in [5.74, 6) is 0.485. The number of benzene rings is 1. The molecule has 6 nitrogen and oxygen atoms in total. The summed E-state index contributed by atoms with van der Waals surface area (Å²) in [5, 5.41) is 5.24. The predicted molar refractivity (Wildman–Crippen MR) is 88.6 cm³/mol. The number of amides is 2. The van der Waals surface area contributed by atoms with Crippen LogP contribution in [-0.2, 0) is 16.0 Å². The molecular formula is C17H26N2O4. The number of hydrogen-bond donors (Lipinski definition) is 2. The largest absolute Gasteiger partial charge is 0.483 e. The summed E-state index contributed by atoms with van der Waals surface area (Å²) in [6, 6.07) is 7.62. The molecule has 0 saturated carbocycles. The van der Waals surface area contributed by atoms with Gasteiger partial charge in [0.15, 0.2) is 6.61 Å². The van der Waals surface area contributed by atoms with Crippen LogP contribution in [0.5, 0.6) is 5.75 Å². The van der Waals surface area contributed by atoms with Gasteiger partial charge in [0.2, 0.25) is 0 Å². The summed E-state index contributed by atoms with van der Waals surface area (Å²) >= 11 is 0. The highest BCUT2D eigenvalue weighted by atomic mass is 16.6. The van der Waals surface area contributed by atoms with E-state index in [2.05, 4.69) is 10.6 Å². The zero-order chi connectivity index (χ0) is 17.3. The minimum absolute atomic E-state index is 0.0521. The smallest absolute Gasteiger partial charge is 0.407 e. The molecule has 0 aliphatic heterocycles. The van der Waals surface area contributed by atoms with Crippen LogP contribution in [-0.4, -0.2) is 37.3 Å². The van der Waals surface area contributed by atoms with E-state index in [0.29, 0.717) is 13.1 Å². The van der Waals surface area contributed by atoms with Gasteiger partial charge < -0.3 is 20.1 Å². The zero-order valence-corrected chi connectivity index (χ0v) is 14.3. The first kappa shape index (κ1) is 18.8. The van der Waals surface area contributed by atoms with Crippen LogP contribution in [0.25, 0.3) is 0 Å². The molecule has 2 amide bonds. The van der Waals surface area contributed by atoms with Gasteiger partial charge in [-0.25, -0.2) is 4.79 Å². The molecule has 0 spiro atoms. The summed E-state index contributed by atoms with van der Waals surface area (Å²) in [6.45, 7) is 7.97. The minimum atomic E-state index is -0.534. The molecule has 128 valence electrons. The first-order valence-corrected chi connectivity index (χ1v) is 7.76. The molecule has 0 heterocycles. The standard InChI is InChI=1S/C17H26N2O4/c1-5-13-8-6-7-9-14(13)22-12-15(20)18-10-11-19-16(21)23-17(2,3)4/h6-9H,5,10-12H2,1-4H3,(H,18,20)(H,19,21). The number of rotatable bonds is 7. The molecule has 0 aromatic heterocycles. The molecule has 0 fully saturated rings. The Bertz CT molecular complexity index is 524. The summed E-state index contributed by atoms with van der Waals surface area (Å²) < 4.78 is 10.6. The molecule has 23 heavy (non-hydrogen) atoms. The van der Waals surface area contributed by atoms with E-state index in [1.807, 2.05) is 31.2 Å². The second kappa shape index (κ2) is 9.02. The van der Waals surface area contributed by atoms with E-state index < -0.39 is 11.7 Å². The Hall–Kier alpha value is -2.24. The number of aryl methyl sites for hydroxylation is 1. The molecule has 0 aliphatic rings. The van der Waals surface area contributed by atoms with E-state index in [4.69, 9.17) is 9.47 Å². The van der Waals surface area contributed by atoms with Gasteiger partial charge >= 0.3 is 6.09 Å². The second-order valence-electron chi connectivity index (χ2n) is 6.03. The third-order valence-electron chi connectivity index (χ3n) is 2.83. The normalized spacial score (nSPS) is 10.8. The van der Waals surface area contributed by atoms with Crippen molar-refractivity contribution in [3.63, 3.8) is 0 Å². The van der Waals surface area contributed by atoms with Crippen molar-refractivity contribution in [2.24, 2.45) is 0 Å². The lowest BCUT2D eigenvalue weighted by molar-refractivity contribution is -0.123. The highest BCUT2D eigenvalue weighted by Crippen LogP contribution is 2.17. The van der Waals surface area contributed by atoms with Gasteiger partial charge in [0, 0.05) is 13.1 Å². The van der Waals surface area contributed by atoms with Gasteiger partial charge in [-0.1, -0.05) is 25.1 Å². The van der Waals surface area contributed by atoms with Crippen molar-refractivity contribution in [1.29, 1.82) is 0 Å². The van der Waals surface area contributed by atoms with Gasteiger partial charge in [0.25, 0.3) is 5.91 Å². The van der Waals surface area contributed by atoms with E-state index in [9.17, 15) is 9.59 Å². The van der Waals surface area contributed by atoms with Gasteiger partial charge in [0.1, 0.15) is 11.4 Å². The molecule has 0 saturated heterocycles. The van der Waals surface area contributed by atoms with Gasteiger partial charge in [-0.2, -0.15) is 0 Å². The Morgan fingerprint density at radius 3 is 2.39 bits per heavy atom. The molecule has 0 unspecified atom stereocenters. The van der Waals surface area contributed by atoms with Crippen LogP contribution in [0.4, 0.5) is 4.79 Å². The fourth-order valence-corrected chi connectivity index (χ4v) is 1.81. The monoisotopic (exact) mass is 322 g/mol. The first-order valence-electron chi connectivity index (χ1n) is 7.76. The van der Waals surface area contributed by atoms with Crippen LogP contribution < -0.4 is 15.4 Å². The lowest BCUT2D eigenvalue weighted by Crippen LogP contribution is -2.39. The predicted octanol–water partition coefficient (Wildman–Crippen LogP) is 2.27. The number of ether oxygens (including phenoxy) is 2. The van der Waals surface area contributed by atoms with Gasteiger partial charge in [-0.05, 0) is 38.8 Å². The Balaban J connectivity index is 2.21. The van der Waals surface area contributed by atoms with Crippen LogP contribution >= 0.6 is 0 Å². The lowest BCUT2D eigenvalue weighted by Gasteiger charge is -2.19. The third kappa shape index (κ3) is 8.09. The molecule has 1 rings (SSSR count). The molecule has 1 aromatic carbocycles. The lowest BCUT2D eigenvalue weighted by atomic mass is 10.1. The average molecular weight is 322 g/mol. The van der Waals surface area contributed by atoms with Crippen molar-refractivity contribution < 1.29 is 19.1 Å². The van der Waals surface area contributed by atoms with E-state index >= 15 is 0 Å². The van der Waals surface area contributed by atoms with Crippen molar-refractivity contribution in [2.45, 2.75) is 39.7 Å². The van der Waals surface area contributed by atoms with Crippen LogP contribution in [0, 0.1) is 0 Å². The van der Waals surface area contributed by atoms with Crippen molar-refractivity contribution in [1.82, 2.24) is 10.6 Å². The second-order valence-corrected chi connectivity index (χ2v) is 6.03. The summed E-state index contributed by atoms with van der Waals surface area (Å²) in [7, 11) is 0. The van der Waals surface area contributed by atoms with E-state index in [1.54, 1.807) is 20.8 Å².